The molecule has 0 amide bonds. The minimum Gasteiger partial charge on any atom is -0.376 e. The summed E-state index contributed by atoms with van der Waals surface area (Å²) in [5.74, 6) is 3.91. The molecule has 152 valence electrons. The van der Waals surface area contributed by atoms with Gasteiger partial charge in [0.05, 0.1) is 12.1 Å². The Labute approximate surface area is 166 Å². The lowest BCUT2D eigenvalue weighted by atomic mass is 9.94. The molecule has 0 unspecified atom stereocenters. The Morgan fingerprint density at radius 3 is 2.71 bits per heavy atom. The SMILES string of the molecule is Cc1noc(C2CCN(c3nccc(N[C@@H]4CCCO[C@H]4C(C)C)n3)CC2)n1. The highest BCUT2D eigenvalue weighted by molar-refractivity contribution is 5.42. The van der Waals surface area contributed by atoms with Gasteiger partial charge in [-0.05, 0) is 44.6 Å². The van der Waals surface area contributed by atoms with Gasteiger partial charge in [0.25, 0.3) is 0 Å². The molecule has 1 N–H and O–H groups in total. The van der Waals surface area contributed by atoms with E-state index in [0.29, 0.717) is 23.7 Å². The molecular formula is C20H30N6O2. The standard InChI is InChI=1S/C20H30N6O2/c1-13(2)18-16(5-4-12-27-18)23-17-6-9-21-20(24-17)26-10-7-15(8-11-26)19-22-14(3)25-28-19/h6,9,13,15-16,18H,4-5,7-8,10-12H2,1-3H3,(H,21,23,24)/t16-,18+/m1/s1. The zero-order valence-corrected chi connectivity index (χ0v) is 17.0. The first-order valence-corrected chi connectivity index (χ1v) is 10.4. The second-order valence-corrected chi connectivity index (χ2v) is 8.16. The van der Waals surface area contributed by atoms with Crippen LogP contribution in [-0.2, 0) is 4.74 Å². The quantitative estimate of drug-likeness (QED) is 0.838. The molecule has 4 heterocycles. The number of hydrogen-bond donors (Lipinski definition) is 1. The van der Waals surface area contributed by atoms with E-state index in [0.717, 1.165) is 63.0 Å². The molecule has 2 aliphatic rings. The summed E-state index contributed by atoms with van der Waals surface area (Å²) in [6, 6.07) is 2.24. The van der Waals surface area contributed by atoms with E-state index >= 15 is 0 Å². The van der Waals surface area contributed by atoms with Crippen LogP contribution >= 0.6 is 0 Å². The third-order valence-electron chi connectivity index (χ3n) is 5.67. The summed E-state index contributed by atoms with van der Waals surface area (Å²) in [7, 11) is 0. The van der Waals surface area contributed by atoms with Crippen LogP contribution in [0.2, 0.25) is 0 Å². The molecule has 28 heavy (non-hydrogen) atoms. The van der Waals surface area contributed by atoms with E-state index < -0.39 is 0 Å². The molecule has 0 radical (unpaired) electrons. The van der Waals surface area contributed by atoms with Crippen molar-refractivity contribution in [3.05, 3.63) is 24.0 Å². The molecule has 0 saturated carbocycles. The smallest absolute Gasteiger partial charge is 0.229 e. The Balaban J connectivity index is 1.39. The fraction of sp³-hybridized carbons (Fsp3) is 0.700. The van der Waals surface area contributed by atoms with Gasteiger partial charge in [-0.25, -0.2) is 4.98 Å². The Bertz CT molecular complexity index is 772. The second kappa shape index (κ2) is 8.43. The Kier molecular flexibility index (Phi) is 5.75. The molecule has 2 saturated heterocycles. The fourth-order valence-corrected chi connectivity index (χ4v) is 4.19. The fourth-order valence-electron chi connectivity index (χ4n) is 4.19. The number of ether oxygens (including phenoxy) is 1. The lowest BCUT2D eigenvalue weighted by Crippen LogP contribution is -2.43. The van der Waals surface area contributed by atoms with Gasteiger partial charge in [0, 0.05) is 31.8 Å². The number of piperidine rings is 1. The maximum absolute atomic E-state index is 5.99. The zero-order valence-electron chi connectivity index (χ0n) is 17.0. The Morgan fingerprint density at radius 1 is 1.18 bits per heavy atom. The summed E-state index contributed by atoms with van der Waals surface area (Å²) >= 11 is 0. The van der Waals surface area contributed by atoms with Crippen LogP contribution in [0.4, 0.5) is 11.8 Å². The van der Waals surface area contributed by atoms with Crippen LogP contribution in [0.3, 0.4) is 0 Å². The summed E-state index contributed by atoms with van der Waals surface area (Å²) in [4.78, 5) is 15.9. The lowest BCUT2D eigenvalue weighted by Gasteiger charge is -2.35. The number of hydrogen-bond acceptors (Lipinski definition) is 8. The monoisotopic (exact) mass is 386 g/mol. The minimum atomic E-state index is 0.223. The van der Waals surface area contributed by atoms with Crippen molar-refractivity contribution in [1.82, 2.24) is 20.1 Å². The van der Waals surface area contributed by atoms with Gasteiger partial charge in [-0.1, -0.05) is 19.0 Å². The molecule has 8 heteroatoms. The summed E-state index contributed by atoms with van der Waals surface area (Å²) in [6.45, 7) is 8.91. The van der Waals surface area contributed by atoms with Crippen LogP contribution < -0.4 is 10.2 Å². The number of aryl methyl sites for hydroxylation is 1. The molecule has 0 aliphatic carbocycles. The summed E-state index contributed by atoms with van der Waals surface area (Å²) in [6.07, 6.45) is 6.19. The second-order valence-electron chi connectivity index (χ2n) is 8.16. The van der Waals surface area contributed by atoms with Crippen molar-refractivity contribution in [3.8, 4) is 0 Å². The lowest BCUT2D eigenvalue weighted by molar-refractivity contribution is -0.0203. The van der Waals surface area contributed by atoms with Gasteiger partial charge >= 0.3 is 0 Å². The molecule has 0 spiro atoms. The van der Waals surface area contributed by atoms with Crippen molar-refractivity contribution in [2.75, 3.05) is 29.9 Å². The van der Waals surface area contributed by atoms with Gasteiger partial charge in [0.15, 0.2) is 5.82 Å². The number of nitrogens with one attached hydrogen (secondary N) is 1. The van der Waals surface area contributed by atoms with Crippen LogP contribution in [0.1, 0.15) is 57.2 Å². The normalized spacial score (nSPS) is 23.9. The van der Waals surface area contributed by atoms with Crippen molar-refractivity contribution < 1.29 is 9.26 Å². The third kappa shape index (κ3) is 4.27. The predicted molar refractivity (Wildman–Crippen MR) is 106 cm³/mol. The Hall–Kier alpha value is -2.22. The summed E-state index contributed by atoms with van der Waals surface area (Å²) in [5, 5.41) is 7.50. The highest BCUT2D eigenvalue weighted by atomic mass is 16.5. The molecule has 0 aromatic carbocycles. The van der Waals surface area contributed by atoms with Crippen molar-refractivity contribution in [2.24, 2.45) is 5.92 Å². The predicted octanol–water partition coefficient (Wildman–Crippen LogP) is 3.17. The average molecular weight is 387 g/mol. The molecular weight excluding hydrogens is 356 g/mol. The molecule has 2 aromatic heterocycles. The highest BCUT2D eigenvalue weighted by Crippen LogP contribution is 2.29. The van der Waals surface area contributed by atoms with Gasteiger partial charge in [0.1, 0.15) is 5.82 Å². The number of aromatic nitrogens is 4. The maximum Gasteiger partial charge on any atom is 0.229 e. The highest BCUT2D eigenvalue weighted by Gasteiger charge is 2.29. The van der Waals surface area contributed by atoms with Gasteiger partial charge in [-0.3, -0.25) is 0 Å². The van der Waals surface area contributed by atoms with E-state index in [9.17, 15) is 0 Å². The van der Waals surface area contributed by atoms with E-state index in [4.69, 9.17) is 14.2 Å². The number of anilines is 2. The molecule has 2 fully saturated rings. The van der Waals surface area contributed by atoms with Crippen LogP contribution in [0.5, 0.6) is 0 Å². The van der Waals surface area contributed by atoms with Gasteiger partial charge in [0.2, 0.25) is 11.8 Å². The van der Waals surface area contributed by atoms with E-state index in [1.54, 1.807) is 0 Å². The van der Waals surface area contributed by atoms with Crippen molar-refractivity contribution >= 4 is 11.8 Å². The van der Waals surface area contributed by atoms with E-state index in [1.807, 2.05) is 19.2 Å². The van der Waals surface area contributed by atoms with Crippen molar-refractivity contribution in [3.63, 3.8) is 0 Å². The van der Waals surface area contributed by atoms with Crippen LogP contribution in [-0.4, -0.2) is 52.0 Å². The first-order chi connectivity index (χ1) is 13.6. The average Bonchev–Trinajstić information content (AvgIpc) is 3.15. The Morgan fingerprint density at radius 2 is 2.00 bits per heavy atom. The third-order valence-corrected chi connectivity index (χ3v) is 5.67. The van der Waals surface area contributed by atoms with Crippen LogP contribution in [0.15, 0.2) is 16.8 Å². The molecule has 2 aromatic rings. The summed E-state index contributed by atoms with van der Waals surface area (Å²) < 4.78 is 11.3. The number of nitrogens with zero attached hydrogens (tertiary/aromatic N) is 5. The van der Waals surface area contributed by atoms with E-state index in [-0.39, 0.29) is 6.10 Å². The maximum atomic E-state index is 5.99. The van der Waals surface area contributed by atoms with Gasteiger partial charge in [-0.2, -0.15) is 9.97 Å². The van der Waals surface area contributed by atoms with Crippen molar-refractivity contribution in [1.29, 1.82) is 0 Å². The molecule has 0 bridgehead atoms. The molecule has 8 nitrogen and oxygen atoms in total. The zero-order chi connectivity index (χ0) is 19.5. The molecule has 2 atom stereocenters. The first-order valence-electron chi connectivity index (χ1n) is 10.4. The number of rotatable bonds is 5. The van der Waals surface area contributed by atoms with Gasteiger partial charge < -0.3 is 19.5 Å². The van der Waals surface area contributed by atoms with E-state index in [1.165, 1.54) is 0 Å². The topological polar surface area (TPSA) is 89.2 Å². The van der Waals surface area contributed by atoms with Crippen LogP contribution in [0, 0.1) is 12.8 Å². The summed E-state index contributed by atoms with van der Waals surface area (Å²) in [5.41, 5.74) is 0. The van der Waals surface area contributed by atoms with Gasteiger partial charge in [-0.15, -0.1) is 0 Å². The first kappa shape index (κ1) is 19.1. The molecule has 2 aliphatic heterocycles. The van der Waals surface area contributed by atoms with Crippen LogP contribution in [0.25, 0.3) is 0 Å². The molecule has 4 rings (SSSR count). The van der Waals surface area contributed by atoms with E-state index in [2.05, 4.69) is 39.2 Å². The van der Waals surface area contributed by atoms with Crippen molar-refractivity contribution in [2.45, 2.75) is 64.5 Å². The largest absolute Gasteiger partial charge is 0.376 e. The minimum absolute atomic E-state index is 0.223.